The molecule has 0 aliphatic heterocycles. The zero-order valence-corrected chi connectivity index (χ0v) is 45.3. The second kappa shape index (κ2) is 55.3. The van der Waals surface area contributed by atoms with Crippen molar-refractivity contribution in [2.24, 2.45) is 0 Å². The summed E-state index contributed by atoms with van der Waals surface area (Å²) in [6, 6.07) is -0.705. The fourth-order valence-electron chi connectivity index (χ4n) is 9.48. The molecule has 1 amide bonds. The number of ether oxygens (including phenoxy) is 1. The Balaban J connectivity index is 4.46. The molecule has 0 saturated carbocycles. The van der Waals surface area contributed by atoms with Crippen molar-refractivity contribution in [3.05, 3.63) is 24.3 Å². The maximum Gasteiger partial charge on any atom is 0.306 e. The van der Waals surface area contributed by atoms with Gasteiger partial charge in [0.2, 0.25) is 5.91 Å². The third kappa shape index (κ3) is 50.5. The van der Waals surface area contributed by atoms with E-state index >= 15 is 0 Å². The highest BCUT2D eigenvalue weighted by molar-refractivity contribution is 5.77. The van der Waals surface area contributed by atoms with Gasteiger partial charge in [-0.1, -0.05) is 289 Å². The largest absolute Gasteiger partial charge is 0.462 e. The van der Waals surface area contributed by atoms with E-state index in [0.717, 1.165) is 70.6 Å². The molecule has 0 aromatic rings. The van der Waals surface area contributed by atoms with Crippen LogP contribution in [0.15, 0.2) is 24.3 Å². The van der Waals surface area contributed by atoms with Crippen molar-refractivity contribution in [3.63, 3.8) is 0 Å². The number of unbranched alkanes of at least 4 members (excludes halogenated alkanes) is 40. The van der Waals surface area contributed by atoms with Crippen molar-refractivity contribution in [2.45, 2.75) is 347 Å². The topological polar surface area (TPSA) is 95.9 Å². The van der Waals surface area contributed by atoms with Gasteiger partial charge in [0.05, 0.1) is 25.2 Å². The van der Waals surface area contributed by atoms with E-state index in [0.29, 0.717) is 19.3 Å². The van der Waals surface area contributed by atoms with Crippen molar-refractivity contribution in [3.8, 4) is 0 Å². The zero-order chi connectivity index (χ0) is 48.8. The number of hydrogen-bond acceptors (Lipinski definition) is 5. The van der Waals surface area contributed by atoms with Gasteiger partial charge in [-0.2, -0.15) is 0 Å². The molecule has 0 rings (SSSR count). The molecule has 67 heavy (non-hydrogen) atoms. The van der Waals surface area contributed by atoms with Gasteiger partial charge in [0.1, 0.15) is 6.10 Å². The first-order valence-electron chi connectivity index (χ1n) is 30.1. The summed E-state index contributed by atoms with van der Waals surface area (Å²) in [5, 5.41) is 23.9. The highest BCUT2D eigenvalue weighted by Crippen LogP contribution is 2.19. The van der Waals surface area contributed by atoms with Gasteiger partial charge in [0, 0.05) is 6.42 Å². The number of hydrogen-bond donors (Lipinski definition) is 3. The van der Waals surface area contributed by atoms with Gasteiger partial charge < -0.3 is 20.3 Å². The van der Waals surface area contributed by atoms with Crippen molar-refractivity contribution in [2.75, 3.05) is 6.61 Å². The molecule has 0 spiro atoms. The molecule has 6 heteroatoms. The highest BCUT2D eigenvalue weighted by atomic mass is 16.5. The van der Waals surface area contributed by atoms with Crippen LogP contribution in [0.4, 0.5) is 0 Å². The van der Waals surface area contributed by atoms with Crippen LogP contribution in [0.5, 0.6) is 0 Å². The molecule has 0 aliphatic rings. The minimum Gasteiger partial charge on any atom is -0.462 e. The van der Waals surface area contributed by atoms with Crippen LogP contribution < -0.4 is 5.32 Å². The first kappa shape index (κ1) is 65.3. The second-order valence-electron chi connectivity index (χ2n) is 20.8. The van der Waals surface area contributed by atoms with Crippen LogP contribution in [0.1, 0.15) is 329 Å². The van der Waals surface area contributed by atoms with Gasteiger partial charge >= 0.3 is 5.97 Å². The number of carbonyl (C=O) groups is 2. The summed E-state index contributed by atoms with van der Waals surface area (Å²) < 4.78 is 5.96. The van der Waals surface area contributed by atoms with E-state index in [-0.39, 0.29) is 24.9 Å². The molecule has 3 unspecified atom stereocenters. The minimum atomic E-state index is -0.790. The van der Waals surface area contributed by atoms with Gasteiger partial charge in [-0.3, -0.25) is 9.59 Å². The Morgan fingerprint density at radius 1 is 0.433 bits per heavy atom. The summed E-state index contributed by atoms with van der Waals surface area (Å²) in [4.78, 5) is 26.3. The van der Waals surface area contributed by atoms with Crippen LogP contribution in [-0.4, -0.2) is 46.9 Å². The molecule has 396 valence electrons. The highest BCUT2D eigenvalue weighted by Gasteiger charge is 2.24. The van der Waals surface area contributed by atoms with E-state index in [1.807, 2.05) is 0 Å². The summed E-state index contributed by atoms with van der Waals surface area (Å²) in [7, 11) is 0. The number of carbonyl (C=O) groups excluding carboxylic acids is 2. The minimum absolute atomic E-state index is 0.0700. The first-order chi connectivity index (χ1) is 33.0. The normalized spacial score (nSPS) is 13.2. The van der Waals surface area contributed by atoms with Gasteiger partial charge in [-0.05, 0) is 51.4 Å². The molecule has 0 radical (unpaired) electrons. The molecule has 0 fully saturated rings. The summed E-state index contributed by atoms with van der Waals surface area (Å²) in [5.41, 5.74) is 0. The Hall–Kier alpha value is -1.66. The predicted molar refractivity (Wildman–Crippen MR) is 292 cm³/mol. The van der Waals surface area contributed by atoms with Crippen LogP contribution >= 0.6 is 0 Å². The van der Waals surface area contributed by atoms with Gasteiger partial charge in [0.25, 0.3) is 0 Å². The molecule has 0 heterocycles. The van der Waals surface area contributed by atoms with Crippen molar-refractivity contribution in [1.82, 2.24) is 5.32 Å². The Morgan fingerprint density at radius 2 is 0.746 bits per heavy atom. The predicted octanol–water partition coefficient (Wildman–Crippen LogP) is 18.6. The third-order valence-corrected chi connectivity index (χ3v) is 14.1. The summed E-state index contributed by atoms with van der Waals surface area (Å²) in [5.74, 6) is -0.473. The Labute approximate surface area is 418 Å². The summed E-state index contributed by atoms with van der Waals surface area (Å²) >= 11 is 0. The first-order valence-corrected chi connectivity index (χ1v) is 30.1. The molecular formula is C61H117NO5. The average molecular weight is 945 g/mol. The molecule has 6 nitrogen and oxygen atoms in total. The maximum atomic E-state index is 13.3. The van der Waals surface area contributed by atoms with E-state index in [4.69, 9.17) is 4.74 Å². The number of allylic oxidation sites excluding steroid dienone is 4. The monoisotopic (exact) mass is 944 g/mol. The quantitative estimate of drug-likeness (QED) is 0.0321. The van der Waals surface area contributed by atoms with Crippen LogP contribution in [0, 0.1) is 0 Å². The van der Waals surface area contributed by atoms with Crippen molar-refractivity contribution in [1.29, 1.82) is 0 Å². The lowest BCUT2D eigenvalue weighted by Gasteiger charge is -2.24. The number of nitrogens with one attached hydrogen (secondary N) is 1. The molecule has 0 saturated heterocycles. The summed E-state index contributed by atoms with van der Waals surface area (Å²) in [6.45, 7) is 6.50. The molecular weight excluding hydrogens is 827 g/mol. The van der Waals surface area contributed by atoms with E-state index in [9.17, 15) is 19.8 Å². The molecule has 3 N–H and O–H groups in total. The van der Waals surface area contributed by atoms with Crippen molar-refractivity contribution >= 4 is 11.9 Å². The lowest BCUT2D eigenvalue weighted by atomic mass is 10.0. The molecule has 3 atom stereocenters. The lowest BCUT2D eigenvalue weighted by Crippen LogP contribution is -2.46. The van der Waals surface area contributed by atoms with Gasteiger partial charge in [0.15, 0.2) is 0 Å². The molecule has 0 bridgehead atoms. The average Bonchev–Trinajstić information content (AvgIpc) is 3.32. The number of esters is 1. The van der Waals surface area contributed by atoms with Gasteiger partial charge in [-0.25, -0.2) is 0 Å². The SMILES string of the molecule is CCCCC/C=C/C=C/CCCCCCC(CC(=O)NC(CO)C(O)CCCCCCCCCCCCCCCCCCC)OC(=O)CCCCCCCCCCCCCCCCCCCC. The van der Waals surface area contributed by atoms with Gasteiger partial charge in [-0.15, -0.1) is 0 Å². The van der Waals surface area contributed by atoms with Crippen molar-refractivity contribution < 1.29 is 24.5 Å². The number of aliphatic hydroxyl groups is 2. The molecule has 0 aromatic carbocycles. The van der Waals surface area contributed by atoms with E-state index in [1.165, 1.54) is 212 Å². The van der Waals surface area contributed by atoms with Crippen LogP contribution in [-0.2, 0) is 14.3 Å². The van der Waals surface area contributed by atoms with E-state index in [1.54, 1.807) is 0 Å². The molecule has 0 aromatic heterocycles. The Kier molecular flexibility index (Phi) is 53.9. The van der Waals surface area contributed by atoms with E-state index in [2.05, 4.69) is 50.4 Å². The van der Waals surface area contributed by atoms with E-state index < -0.39 is 18.2 Å². The lowest BCUT2D eigenvalue weighted by molar-refractivity contribution is -0.151. The summed E-state index contributed by atoms with van der Waals surface area (Å²) in [6.07, 6.45) is 65.4. The zero-order valence-electron chi connectivity index (χ0n) is 45.3. The molecule has 0 aliphatic carbocycles. The Bertz CT molecular complexity index is 1060. The smallest absolute Gasteiger partial charge is 0.306 e. The standard InChI is InChI=1S/C61H117NO5/c1-4-7-10-13-16-19-22-25-27-29-31-33-36-39-42-45-48-51-54-61(66)67-57(52-49-46-43-40-37-34-24-21-18-15-12-9-6-3)55-60(65)62-58(56-63)59(64)53-50-47-44-41-38-35-32-30-28-26-23-20-17-14-11-8-5-2/h18,21,24,34,57-59,63-64H,4-17,19-20,22-23,25-33,35-56H2,1-3H3,(H,62,65)/b21-18+,34-24+. The maximum absolute atomic E-state index is 13.3. The van der Waals surface area contributed by atoms with Crippen LogP contribution in [0.2, 0.25) is 0 Å². The van der Waals surface area contributed by atoms with Crippen LogP contribution in [0.3, 0.4) is 0 Å². The fourth-order valence-corrected chi connectivity index (χ4v) is 9.48. The number of amides is 1. The number of aliphatic hydroxyl groups excluding tert-OH is 2. The second-order valence-corrected chi connectivity index (χ2v) is 20.8. The number of rotatable bonds is 55. The Morgan fingerprint density at radius 3 is 1.13 bits per heavy atom. The fraction of sp³-hybridized carbons (Fsp3) is 0.902. The third-order valence-electron chi connectivity index (χ3n) is 14.1. The van der Waals surface area contributed by atoms with Crippen LogP contribution in [0.25, 0.3) is 0 Å².